The molecule has 3 N–H and O–H groups in total. The van der Waals surface area contributed by atoms with E-state index in [2.05, 4.69) is 10.1 Å². The van der Waals surface area contributed by atoms with Crippen LogP contribution in [0.4, 0.5) is 10.6 Å². The quantitative estimate of drug-likeness (QED) is 0.845. The number of anilines is 1. The van der Waals surface area contributed by atoms with Crippen LogP contribution in [-0.4, -0.2) is 31.6 Å². The van der Waals surface area contributed by atoms with Crippen molar-refractivity contribution >= 4 is 17.5 Å². The number of ether oxygens (including phenoxy) is 1. The van der Waals surface area contributed by atoms with Crippen LogP contribution < -0.4 is 5.73 Å². The average Bonchev–Trinajstić information content (AvgIpc) is 3.22. The summed E-state index contributed by atoms with van der Waals surface area (Å²) in [5.74, 6) is 1.09. The molecule has 0 bridgehead atoms. The van der Waals surface area contributed by atoms with E-state index in [0.717, 1.165) is 18.4 Å². The number of aliphatic hydroxyl groups is 1. The fourth-order valence-electron chi connectivity index (χ4n) is 2.97. The normalized spacial score (nSPS) is 17.9. The summed E-state index contributed by atoms with van der Waals surface area (Å²) in [6.07, 6.45) is 4.47. The Morgan fingerprint density at radius 1 is 1.37 bits per heavy atom. The number of rotatable bonds is 3. The summed E-state index contributed by atoms with van der Waals surface area (Å²) < 4.78 is 12.3. The first kappa shape index (κ1) is 19.2. The molecule has 0 saturated carbocycles. The van der Waals surface area contributed by atoms with Crippen molar-refractivity contribution in [2.45, 2.75) is 64.6 Å². The third-order valence-corrected chi connectivity index (χ3v) is 4.21. The van der Waals surface area contributed by atoms with Crippen LogP contribution in [0, 0.1) is 0 Å². The van der Waals surface area contributed by atoms with Crippen molar-refractivity contribution in [2.24, 2.45) is 0 Å². The molecule has 2 heterocycles. The Morgan fingerprint density at radius 3 is 2.67 bits per heavy atom. The van der Waals surface area contributed by atoms with Crippen molar-refractivity contribution in [3.8, 4) is 0 Å². The molecule has 0 aromatic carbocycles. The molecular weight excluding hydrogens is 348 g/mol. The molecule has 0 aliphatic heterocycles. The van der Waals surface area contributed by atoms with Crippen LogP contribution in [0.15, 0.2) is 22.8 Å². The fourth-order valence-corrected chi connectivity index (χ4v) is 2.97. The SMILES string of the molecule is CC(C)(C)OC(=O)n1nc(N)cc1C1C=C(c2ncc(C(C)(C)O)o2)CC1. The van der Waals surface area contributed by atoms with E-state index in [1.807, 2.05) is 6.08 Å². The van der Waals surface area contributed by atoms with Gasteiger partial charge in [-0.2, -0.15) is 4.68 Å². The van der Waals surface area contributed by atoms with Gasteiger partial charge in [0.15, 0.2) is 5.76 Å². The maximum absolute atomic E-state index is 12.5. The first-order valence-electron chi connectivity index (χ1n) is 8.92. The predicted octanol–water partition coefficient (Wildman–Crippen LogP) is 3.42. The van der Waals surface area contributed by atoms with Gasteiger partial charge in [0.05, 0.1) is 11.9 Å². The molecule has 146 valence electrons. The van der Waals surface area contributed by atoms with E-state index < -0.39 is 17.3 Å². The molecule has 8 heteroatoms. The number of carbonyl (C=O) groups excluding carboxylic acids is 1. The third-order valence-electron chi connectivity index (χ3n) is 4.21. The molecule has 3 rings (SSSR count). The minimum Gasteiger partial charge on any atom is -0.442 e. The van der Waals surface area contributed by atoms with Crippen molar-refractivity contribution in [3.63, 3.8) is 0 Å². The number of allylic oxidation sites excluding steroid dienone is 2. The zero-order valence-electron chi connectivity index (χ0n) is 16.3. The Bertz CT molecular complexity index is 880. The van der Waals surface area contributed by atoms with Gasteiger partial charge < -0.3 is 20.0 Å². The van der Waals surface area contributed by atoms with E-state index in [4.69, 9.17) is 14.9 Å². The van der Waals surface area contributed by atoms with Gasteiger partial charge in [-0.25, -0.2) is 9.78 Å². The Labute approximate surface area is 158 Å². The second-order valence-electron chi connectivity index (χ2n) is 8.31. The second-order valence-corrected chi connectivity index (χ2v) is 8.31. The van der Waals surface area contributed by atoms with Crippen molar-refractivity contribution in [1.29, 1.82) is 0 Å². The summed E-state index contributed by atoms with van der Waals surface area (Å²) in [4.78, 5) is 16.7. The smallest absolute Gasteiger partial charge is 0.435 e. The molecular formula is C19H26N4O4. The lowest BCUT2D eigenvalue weighted by molar-refractivity contribution is 0.0507. The van der Waals surface area contributed by atoms with Crippen LogP contribution in [0.1, 0.15) is 70.7 Å². The van der Waals surface area contributed by atoms with E-state index >= 15 is 0 Å². The molecule has 2 aromatic heterocycles. The largest absolute Gasteiger partial charge is 0.442 e. The molecule has 1 aliphatic carbocycles. The summed E-state index contributed by atoms with van der Waals surface area (Å²) >= 11 is 0. The first-order valence-corrected chi connectivity index (χ1v) is 8.92. The van der Waals surface area contributed by atoms with Gasteiger partial charge in [-0.3, -0.25) is 0 Å². The van der Waals surface area contributed by atoms with Gasteiger partial charge in [-0.05, 0) is 47.5 Å². The zero-order valence-corrected chi connectivity index (χ0v) is 16.3. The second kappa shape index (κ2) is 6.53. The highest BCUT2D eigenvalue weighted by molar-refractivity contribution is 5.72. The highest BCUT2D eigenvalue weighted by Crippen LogP contribution is 2.38. The maximum atomic E-state index is 12.5. The van der Waals surface area contributed by atoms with Gasteiger partial charge in [0.25, 0.3) is 0 Å². The van der Waals surface area contributed by atoms with Gasteiger partial charge in [-0.1, -0.05) is 6.08 Å². The Hall–Kier alpha value is -2.61. The van der Waals surface area contributed by atoms with Crippen molar-refractivity contribution in [3.05, 3.63) is 35.7 Å². The van der Waals surface area contributed by atoms with Crippen LogP contribution in [0.2, 0.25) is 0 Å². The summed E-state index contributed by atoms with van der Waals surface area (Å²) in [6, 6.07) is 1.69. The minimum absolute atomic E-state index is 0.0604. The lowest BCUT2D eigenvalue weighted by Gasteiger charge is -2.20. The summed E-state index contributed by atoms with van der Waals surface area (Å²) in [5.41, 5.74) is 5.70. The van der Waals surface area contributed by atoms with Gasteiger partial charge in [0.1, 0.15) is 17.0 Å². The Morgan fingerprint density at radius 2 is 2.07 bits per heavy atom. The number of nitrogens with two attached hydrogens (primary N) is 1. The fraction of sp³-hybridized carbons (Fsp3) is 0.526. The minimum atomic E-state index is -1.09. The Kier molecular flexibility index (Phi) is 4.63. The molecule has 8 nitrogen and oxygen atoms in total. The maximum Gasteiger partial charge on any atom is 0.435 e. The van der Waals surface area contributed by atoms with Crippen LogP contribution in [0.25, 0.3) is 5.57 Å². The van der Waals surface area contributed by atoms with Crippen LogP contribution >= 0.6 is 0 Å². The highest BCUT2D eigenvalue weighted by atomic mass is 16.6. The predicted molar refractivity (Wildman–Crippen MR) is 100.0 cm³/mol. The highest BCUT2D eigenvalue weighted by Gasteiger charge is 2.29. The molecule has 1 aliphatic rings. The third kappa shape index (κ3) is 4.21. The monoisotopic (exact) mass is 374 g/mol. The van der Waals surface area contributed by atoms with Gasteiger partial charge in [0.2, 0.25) is 5.89 Å². The number of nitrogen functional groups attached to an aromatic ring is 1. The van der Waals surface area contributed by atoms with E-state index in [9.17, 15) is 9.90 Å². The van der Waals surface area contributed by atoms with E-state index in [0.29, 0.717) is 17.3 Å². The van der Waals surface area contributed by atoms with Crippen molar-refractivity contribution in [2.75, 3.05) is 5.73 Å². The molecule has 1 unspecified atom stereocenters. The molecule has 0 spiro atoms. The standard InChI is InChI=1S/C19H26N4O4/c1-18(2,3)27-17(24)23-13(9-15(20)22-23)11-6-7-12(8-11)16-21-10-14(26-16)19(4,5)25/h8-11,25H,6-7H2,1-5H3,(H2,20,22). The van der Waals surface area contributed by atoms with Gasteiger partial charge >= 0.3 is 6.09 Å². The average molecular weight is 374 g/mol. The number of aromatic nitrogens is 3. The number of carbonyl (C=O) groups is 1. The molecule has 2 aromatic rings. The lowest BCUT2D eigenvalue weighted by atomic mass is 10.1. The zero-order chi connectivity index (χ0) is 20.0. The molecule has 0 saturated heterocycles. The van der Waals surface area contributed by atoms with Crippen LogP contribution in [0.5, 0.6) is 0 Å². The molecule has 0 radical (unpaired) electrons. The molecule has 27 heavy (non-hydrogen) atoms. The van der Waals surface area contributed by atoms with Crippen LogP contribution in [0.3, 0.4) is 0 Å². The number of hydrogen-bond donors (Lipinski definition) is 2. The summed E-state index contributed by atoms with van der Waals surface area (Å²) in [7, 11) is 0. The molecule has 0 fully saturated rings. The summed E-state index contributed by atoms with van der Waals surface area (Å²) in [5, 5.41) is 14.1. The molecule has 0 amide bonds. The van der Waals surface area contributed by atoms with Crippen molar-refractivity contribution in [1.82, 2.24) is 14.8 Å². The van der Waals surface area contributed by atoms with Crippen molar-refractivity contribution < 1.29 is 19.1 Å². The number of nitrogens with zero attached hydrogens (tertiary/aromatic N) is 3. The Balaban J connectivity index is 1.86. The van der Waals surface area contributed by atoms with Gasteiger partial charge in [0, 0.05) is 17.6 Å². The molecule has 1 atom stereocenters. The lowest BCUT2D eigenvalue weighted by Crippen LogP contribution is -2.29. The van der Waals surface area contributed by atoms with E-state index in [1.165, 1.54) is 10.9 Å². The topological polar surface area (TPSA) is 116 Å². The first-order chi connectivity index (χ1) is 12.4. The van der Waals surface area contributed by atoms with E-state index in [1.54, 1.807) is 40.7 Å². The van der Waals surface area contributed by atoms with Gasteiger partial charge in [-0.15, -0.1) is 5.10 Å². The van der Waals surface area contributed by atoms with Crippen LogP contribution in [-0.2, 0) is 10.3 Å². The van der Waals surface area contributed by atoms with E-state index in [-0.39, 0.29) is 11.7 Å². The number of oxazole rings is 1. The number of hydrogen-bond acceptors (Lipinski definition) is 7. The summed E-state index contributed by atoms with van der Waals surface area (Å²) in [6.45, 7) is 8.69.